The summed E-state index contributed by atoms with van der Waals surface area (Å²) in [5, 5.41) is 7.91. The minimum Gasteiger partial charge on any atom is -0.378 e. The fourth-order valence-corrected chi connectivity index (χ4v) is 5.87. The first kappa shape index (κ1) is 26.3. The summed E-state index contributed by atoms with van der Waals surface area (Å²) in [7, 11) is 0. The molecule has 2 aromatic rings. The quantitative estimate of drug-likeness (QED) is 0.531. The van der Waals surface area contributed by atoms with Crippen LogP contribution in [0.2, 0.25) is 0 Å². The lowest BCUT2D eigenvalue weighted by Crippen LogP contribution is -2.57. The number of benzene rings is 1. The predicted molar refractivity (Wildman–Crippen MR) is 141 cm³/mol. The third-order valence-electron chi connectivity index (χ3n) is 7.07. The summed E-state index contributed by atoms with van der Waals surface area (Å²) in [6, 6.07) is 9.85. The van der Waals surface area contributed by atoms with Gasteiger partial charge in [-0.2, -0.15) is 0 Å². The molecule has 0 spiro atoms. The molecule has 1 aromatic carbocycles. The van der Waals surface area contributed by atoms with Crippen molar-refractivity contribution in [1.29, 1.82) is 0 Å². The summed E-state index contributed by atoms with van der Waals surface area (Å²) >= 11 is 1.47. The van der Waals surface area contributed by atoms with Crippen LogP contribution in [-0.2, 0) is 20.9 Å². The van der Waals surface area contributed by atoms with E-state index < -0.39 is 0 Å². The van der Waals surface area contributed by atoms with Gasteiger partial charge < -0.3 is 24.8 Å². The van der Waals surface area contributed by atoms with Crippen molar-refractivity contribution in [3.63, 3.8) is 0 Å². The Morgan fingerprint density at radius 1 is 0.972 bits per heavy atom. The molecule has 2 N–H and O–H groups in total. The first-order valence-electron chi connectivity index (χ1n) is 12.9. The van der Waals surface area contributed by atoms with Gasteiger partial charge >= 0.3 is 0 Å². The maximum absolute atomic E-state index is 13.4. The van der Waals surface area contributed by atoms with Crippen molar-refractivity contribution < 1.29 is 23.6 Å². The number of anilines is 1. The van der Waals surface area contributed by atoms with Crippen molar-refractivity contribution in [2.45, 2.75) is 39.2 Å². The number of morpholine rings is 1. The Morgan fingerprint density at radius 2 is 1.64 bits per heavy atom. The molecule has 1 aromatic heterocycles. The van der Waals surface area contributed by atoms with E-state index in [0.717, 1.165) is 49.2 Å². The van der Waals surface area contributed by atoms with E-state index in [9.17, 15) is 14.4 Å². The lowest BCUT2D eigenvalue weighted by molar-refractivity contribution is -0.912. The molecule has 0 atom stereocenters. The first-order chi connectivity index (χ1) is 17.5. The summed E-state index contributed by atoms with van der Waals surface area (Å²) in [5.41, 5.74) is 2.19. The van der Waals surface area contributed by atoms with E-state index in [1.807, 2.05) is 42.6 Å². The number of hydrogen-bond acceptors (Lipinski definition) is 5. The highest BCUT2D eigenvalue weighted by Gasteiger charge is 2.35. The van der Waals surface area contributed by atoms with Crippen LogP contribution >= 0.6 is 11.3 Å². The molecule has 3 amide bonds. The topological polar surface area (TPSA) is 87.7 Å². The van der Waals surface area contributed by atoms with Gasteiger partial charge in [-0.05, 0) is 38.2 Å². The van der Waals surface area contributed by atoms with Crippen molar-refractivity contribution in [2.75, 3.05) is 57.8 Å². The van der Waals surface area contributed by atoms with Crippen LogP contribution in [0.25, 0.3) is 0 Å². The minimum absolute atomic E-state index is 0.0385. The highest BCUT2D eigenvalue weighted by molar-refractivity contribution is 7.10. The molecule has 2 aliphatic rings. The maximum atomic E-state index is 13.4. The van der Waals surface area contributed by atoms with Gasteiger partial charge in [0.2, 0.25) is 0 Å². The largest absolute Gasteiger partial charge is 0.378 e. The molecular weight excluding hydrogens is 476 g/mol. The normalized spacial score (nSPS) is 17.8. The van der Waals surface area contributed by atoms with Crippen LogP contribution in [0, 0.1) is 6.92 Å². The summed E-state index contributed by atoms with van der Waals surface area (Å²) in [6.07, 6.45) is 4.24. The van der Waals surface area contributed by atoms with E-state index in [4.69, 9.17) is 4.74 Å². The van der Waals surface area contributed by atoms with Crippen molar-refractivity contribution in [2.24, 2.45) is 0 Å². The van der Waals surface area contributed by atoms with E-state index in [1.165, 1.54) is 11.3 Å². The van der Waals surface area contributed by atoms with Gasteiger partial charge in [-0.25, -0.2) is 0 Å². The molecule has 0 saturated carbocycles. The number of nitrogens with zero attached hydrogens (tertiary/aromatic N) is 2. The summed E-state index contributed by atoms with van der Waals surface area (Å²) < 4.78 is 5.82. The van der Waals surface area contributed by atoms with Gasteiger partial charge in [0.05, 0.1) is 37.6 Å². The Hall–Kier alpha value is -2.75. The number of aryl methyl sites for hydroxylation is 1. The molecule has 0 aliphatic carbocycles. The second-order valence-electron chi connectivity index (χ2n) is 9.81. The Labute approximate surface area is 217 Å². The van der Waals surface area contributed by atoms with Crippen LogP contribution in [0.3, 0.4) is 0 Å². The number of carbonyl (C=O) groups excluding carboxylic acids is 3. The molecule has 36 heavy (non-hydrogen) atoms. The highest BCUT2D eigenvalue weighted by atomic mass is 32.1. The molecule has 0 bridgehead atoms. The van der Waals surface area contributed by atoms with Crippen molar-refractivity contribution in [3.8, 4) is 0 Å². The SMILES string of the molecule is Cc1scc(C(=O)N2CCOCC2)c1NC(=O)C[N+]1(CC(=O)NCc2ccccc2)CCCCCC1. The van der Waals surface area contributed by atoms with Crippen LogP contribution in [0.4, 0.5) is 5.69 Å². The zero-order valence-corrected chi connectivity index (χ0v) is 21.9. The summed E-state index contributed by atoms with van der Waals surface area (Å²) in [4.78, 5) is 42.1. The Morgan fingerprint density at radius 3 is 2.33 bits per heavy atom. The standard InChI is InChI=1S/C27H36N4O4S/c1-21-26(23(20-36-21)27(34)30-11-15-35-16-12-30)29-25(33)19-31(13-7-2-3-8-14-31)18-24(32)28-17-22-9-5-4-6-10-22/h4-6,9-10,20H,2-3,7-8,11-19H2,1H3,(H-,28,29,32,33)/p+1. The predicted octanol–water partition coefficient (Wildman–Crippen LogP) is 3.17. The fourth-order valence-electron chi connectivity index (χ4n) is 5.08. The molecular formula is C27H37N4O4S+. The molecule has 2 saturated heterocycles. The van der Waals surface area contributed by atoms with Gasteiger partial charge in [0.25, 0.3) is 17.7 Å². The highest BCUT2D eigenvalue weighted by Crippen LogP contribution is 2.29. The monoisotopic (exact) mass is 513 g/mol. The van der Waals surface area contributed by atoms with Crippen LogP contribution in [-0.4, -0.2) is 79.6 Å². The van der Waals surface area contributed by atoms with Gasteiger partial charge in [0.1, 0.15) is 0 Å². The third-order valence-corrected chi connectivity index (χ3v) is 7.98. The van der Waals surface area contributed by atoms with Gasteiger partial charge in [0, 0.05) is 29.9 Å². The minimum atomic E-state index is -0.148. The van der Waals surface area contributed by atoms with Crippen molar-refractivity contribution in [3.05, 3.63) is 51.7 Å². The van der Waals surface area contributed by atoms with E-state index in [1.54, 1.807) is 4.90 Å². The van der Waals surface area contributed by atoms with E-state index in [-0.39, 0.29) is 30.8 Å². The number of amides is 3. The molecule has 2 fully saturated rings. The van der Waals surface area contributed by atoms with Crippen LogP contribution in [0.1, 0.15) is 46.5 Å². The molecule has 8 nitrogen and oxygen atoms in total. The number of hydrogen-bond donors (Lipinski definition) is 2. The number of likely N-dealkylation sites (tertiary alicyclic amines) is 1. The third kappa shape index (κ3) is 6.93. The number of quaternary nitrogens is 1. The summed E-state index contributed by atoms with van der Waals surface area (Å²) in [5.74, 6) is -0.259. The number of nitrogens with one attached hydrogen (secondary N) is 2. The van der Waals surface area contributed by atoms with Crippen LogP contribution < -0.4 is 10.6 Å². The fraction of sp³-hybridized carbons (Fsp3) is 0.519. The number of ether oxygens (including phenoxy) is 1. The van der Waals surface area contributed by atoms with E-state index in [2.05, 4.69) is 10.6 Å². The molecule has 9 heteroatoms. The maximum Gasteiger partial charge on any atom is 0.279 e. The van der Waals surface area contributed by atoms with Crippen LogP contribution in [0.5, 0.6) is 0 Å². The molecule has 3 heterocycles. The smallest absolute Gasteiger partial charge is 0.279 e. The van der Waals surface area contributed by atoms with Gasteiger partial charge in [-0.15, -0.1) is 11.3 Å². The van der Waals surface area contributed by atoms with Crippen LogP contribution in [0.15, 0.2) is 35.7 Å². The Balaban J connectivity index is 1.43. The summed E-state index contributed by atoms with van der Waals surface area (Å²) in [6.45, 7) is 6.67. The zero-order chi connectivity index (χ0) is 25.4. The lowest BCUT2D eigenvalue weighted by Gasteiger charge is -2.36. The van der Waals surface area contributed by atoms with Crippen molar-refractivity contribution >= 4 is 34.7 Å². The van der Waals surface area contributed by atoms with Gasteiger partial charge in [0.15, 0.2) is 13.1 Å². The first-order valence-corrected chi connectivity index (χ1v) is 13.7. The second kappa shape index (κ2) is 12.5. The average molecular weight is 514 g/mol. The molecule has 194 valence electrons. The lowest BCUT2D eigenvalue weighted by atomic mass is 10.2. The van der Waals surface area contributed by atoms with E-state index in [0.29, 0.717) is 48.6 Å². The molecule has 0 unspecified atom stereocenters. The average Bonchev–Trinajstić information content (AvgIpc) is 3.09. The van der Waals surface area contributed by atoms with Gasteiger partial charge in [-0.3, -0.25) is 14.4 Å². The number of carbonyl (C=O) groups is 3. The number of thiophene rings is 1. The van der Waals surface area contributed by atoms with Crippen molar-refractivity contribution in [1.82, 2.24) is 10.2 Å². The molecule has 0 radical (unpaired) electrons. The molecule has 4 rings (SSSR count). The van der Waals surface area contributed by atoms with Gasteiger partial charge in [-0.1, -0.05) is 30.3 Å². The number of rotatable bonds is 8. The molecule has 2 aliphatic heterocycles. The second-order valence-corrected chi connectivity index (χ2v) is 10.9. The zero-order valence-electron chi connectivity index (χ0n) is 21.1. The Bertz CT molecular complexity index is 1040. The van der Waals surface area contributed by atoms with E-state index >= 15 is 0 Å². The Kier molecular flexibility index (Phi) is 9.12.